The molecule has 1 aliphatic heterocycles. The quantitative estimate of drug-likeness (QED) is 0.838. The van der Waals surface area contributed by atoms with E-state index in [1.165, 1.54) is 19.3 Å². The van der Waals surface area contributed by atoms with Gasteiger partial charge in [-0.25, -0.2) is 4.98 Å². The monoisotopic (exact) mass is 219 g/mol. The summed E-state index contributed by atoms with van der Waals surface area (Å²) in [6.07, 6.45) is 5.38. The molecule has 1 aromatic rings. The molecule has 0 saturated carbocycles. The van der Waals surface area contributed by atoms with Crippen molar-refractivity contribution in [1.82, 2.24) is 9.88 Å². The summed E-state index contributed by atoms with van der Waals surface area (Å²) in [7, 11) is 0. The first-order valence-corrected chi connectivity index (χ1v) is 5.78. The minimum atomic E-state index is 0.0283. The molecule has 1 aromatic heterocycles. The molecule has 0 aliphatic carbocycles. The maximum absolute atomic E-state index is 11.7. The van der Waals surface area contributed by atoms with Crippen LogP contribution in [0.15, 0.2) is 24.4 Å². The van der Waals surface area contributed by atoms with Crippen molar-refractivity contribution in [2.24, 2.45) is 0 Å². The third-order valence-electron chi connectivity index (χ3n) is 2.75. The molecule has 1 N–H and O–H groups in total. The van der Waals surface area contributed by atoms with Gasteiger partial charge in [0.2, 0.25) is 5.91 Å². The van der Waals surface area contributed by atoms with Gasteiger partial charge in [0, 0.05) is 6.20 Å². The number of aromatic nitrogens is 1. The summed E-state index contributed by atoms with van der Waals surface area (Å²) in [6.45, 7) is 2.56. The topological polar surface area (TPSA) is 45.2 Å². The molecular weight excluding hydrogens is 202 g/mol. The zero-order valence-electron chi connectivity index (χ0n) is 9.35. The lowest BCUT2D eigenvalue weighted by Gasteiger charge is -2.25. The smallest absolute Gasteiger partial charge is 0.239 e. The normalized spacial score (nSPS) is 17.0. The van der Waals surface area contributed by atoms with Crippen LogP contribution in [0.5, 0.6) is 0 Å². The molecule has 0 unspecified atom stereocenters. The highest BCUT2D eigenvalue weighted by molar-refractivity contribution is 5.91. The van der Waals surface area contributed by atoms with Crippen LogP contribution in [0.25, 0.3) is 0 Å². The molecule has 4 heteroatoms. The van der Waals surface area contributed by atoms with Crippen LogP contribution in [0.3, 0.4) is 0 Å². The summed E-state index contributed by atoms with van der Waals surface area (Å²) in [5.41, 5.74) is 0. The fraction of sp³-hybridized carbons (Fsp3) is 0.500. The Morgan fingerprint density at radius 1 is 1.31 bits per heavy atom. The van der Waals surface area contributed by atoms with Gasteiger partial charge in [0.1, 0.15) is 5.82 Å². The first-order valence-electron chi connectivity index (χ1n) is 5.78. The van der Waals surface area contributed by atoms with Crippen molar-refractivity contribution in [3.63, 3.8) is 0 Å². The van der Waals surface area contributed by atoms with E-state index in [0.717, 1.165) is 13.1 Å². The molecule has 1 fully saturated rings. The molecule has 0 atom stereocenters. The number of likely N-dealkylation sites (tertiary alicyclic amines) is 1. The van der Waals surface area contributed by atoms with Crippen LogP contribution in [-0.4, -0.2) is 35.4 Å². The van der Waals surface area contributed by atoms with Crippen molar-refractivity contribution in [2.45, 2.75) is 19.3 Å². The first kappa shape index (κ1) is 11.1. The Bertz CT molecular complexity index is 333. The van der Waals surface area contributed by atoms with Gasteiger partial charge in [0.25, 0.3) is 0 Å². The Labute approximate surface area is 95.7 Å². The average Bonchev–Trinajstić information content (AvgIpc) is 2.31. The van der Waals surface area contributed by atoms with E-state index in [-0.39, 0.29) is 5.91 Å². The predicted octanol–water partition coefficient (Wildman–Crippen LogP) is 1.51. The summed E-state index contributed by atoms with van der Waals surface area (Å²) in [5, 5.41) is 2.80. The highest BCUT2D eigenvalue weighted by atomic mass is 16.2. The van der Waals surface area contributed by atoms with E-state index in [9.17, 15) is 4.79 Å². The number of carbonyl (C=O) groups excluding carboxylic acids is 1. The van der Waals surface area contributed by atoms with Gasteiger partial charge >= 0.3 is 0 Å². The van der Waals surface area contributed by atoms with Crippen molar-refractivity contribution < 1.29 is 4.79 Å². The van der Waals surface area contributed by atoms with Crippen molar-refractivity contribution in [3.8, 4) is 0 Å². The number of hydrogen-bond acceptors (Lipinski definition) is 3. The molecule has 4 nitrogen and oxygen atoms in total. The Morgan fingerprint density at radius 2 is 2.12 bits per heavy atom. The van der Waals surface area contributed by atoms with Crippen LogP contribution in [0.1, 0.15) is 19.3 Å². The molecule has 0 bridgehead atoms. The van der Waals surface area contributed by atoms with Gasteiger partial charge in [0.05, 0.1) is 6.54 Å². The van der Waals surface area contributed by atoms with Crippen molar-refractivity contribution >= 4 is 11.7 Å². The van der Waals surface area contributed by atoms with Crippen LogP contribution in [0.4, 0.5) is 5.82 Å². The molecular formula is C12H17N3O. The summed E-state index contributed by atoms with van der Waals surface area (Å²) in [5.74, 6) is 0.658. The summed E-state index contributed by atoms with van der Waals surface area (Å²) in [4.78, 5) is 17.9. The molecule has 0 spiro atoms. The molecule has 1 aliphatic rings. The van der Waals surface area contributed by atoms with Crippen LogP contribution in [-0.2, 0) is 4.79 Å². The first-order chi connectivity index (χ1) is 7.84. The van der Waals surface area contributed by atoms with Gasteiger partial charge in [-0.05, 0) is 38.1 Å². The van der Waals surface area contributed by atoms with E-state index >= 15 is 0 Å². The number of nitrogens with zero attached hydrogens (tertiary/aromatic N) is 2. The zero-order valence-corrected chi connectivity index (χ0v) is 9.35. The van der Waals surface area contributed by atoms with E-state index in [2.05, 4.69) is 15.2 Å². The summed E-state index contributed by atoms with van der Waals surface area (Å²) in [6, 6.07) is 5.50. The van der Waals surface area contributed by atoms with E-state index in [1.807, 2.05) is 12.1 Å². The van der Waals surface area contributed by atoms with Crippen LogP contribution in [0, 0.1) is 0 Å². The number of carbonyl (C=O) groups is 1. The van der Waals surface area contributed by atoms with Gasteiger partial charge in [-0.2, -0.15) is 0 Å². The van der Waals surface area contributed by atoms with E-state index in [4.69, 9.17) is 0 Å². The molecule has 2 heterocycles. The van der Waals surface area contributed by atoms with E-state index in [1.54, 1.807) is 12.3 Å². The van der Waals surface area contributed by atoms with Crippen LogP contribution in [0.2, 0.25) is 0 Å². The van der Waals surface area contributed by atoms with Gasteiger partial charge in [-0.1, -0.05) is 12.5 Å². The van der Waals surface area contributed by atoms with Gasteiger partial charge in [-0.3, -0.25) is 9.69 Å². The third-order valence-corrected chi connectivity index (χ3v) is 2.75. The predicted molar refractivity (Wildman–Crippen MR) is 63.2 cm³/mol. The second-order valence-corrected chi connectivity index (χ2v) is 4.10. The van der Waals surface area contributed by atoms with E-state index < -0.39 is 0 Å². The lowest BCUT2D eigenvalue weighted by Crippen LogP contribution is -2.36. The molecule has 2 rings (SSSR count). The number of nitrogens with one attached hydrogen (secondary N) is 1. The number of hydrogen-bond donors (Lipinski definition) is 1. The van der Waals surface area contributed by atoms with Gasteiger partial charge < -0.3 is 5.32 Å². The molecule has 0 radical (unpaired) electrons. The molecule has 16 heavy (non-hydrogen) atoms. The Hall–Kier alpha value is -1.42. The minimum absolute atomic E-state index is 0.0283. The second-order valence-electron chi connectivity index (χ2n) is 4.10. The number of pyridine rings is 1. The zero-order chi connectivity index (χ0) is 11.2. The van der Waals surface area contributed by atoms with Crippen molar-refractivity contribution in [2.75, 3.05) is 25.0 Å². The van der Waals surface area contributed by atoms with E-state index in [0.29, 0.717) is 12.4 Å². The lowest BCUT2D eigenvalue weighted by molar-refractivity contribution is -0.117. The Morgan fingerprint density at radius 3 is 2.81 bits per heavy atom. The van der Waals surface area contributed by atoms with Gasteiger partial charge in [-0.15, -0.1) is 0 Å². The Balaban J connectivity index is 1.80. The fourth-order valence-corrected chi connectivity index (χ4v) is 1.94. The maximum Gasteiger partial charge on any atom is 0.239 e. The number of piperidine rings is 1. The highest BCUT2D eigenvalue weighted by Crippen LogP contribution is 2.08. The second kappa shape index (κ2) is 5.61. The maximum atomic E-state index is 11.7. The molecule has 86 valence electrons. The number of rotatable bonds is 3. The van der Waals surface area contributed by atoms with Crippen molar-refractivity contribution in [3.05, 3.63) is 24.4 Å². The summed E-state index contributed by atoms with van der Waals surface area (Å²) >= 11 is 0. The Kier molecular flexibility index (Phi) is 3.88. The standard InChI is InChI=1S/C12H17N3O/c16-12(10-15-8-4-1-5-9-15)14-11-6-2-3-7-13-11/h2-3,6-7H,1,4-5,8-10H2,(H,13,14,16). The van der Waals surface area contributed by atoms with Crippen LogP contribution >= 0.6 is 0 Å². The summed E-state index contributed by atoms with van der Waals surface area (Å²) < 4.78 is 0. The minimum Gasteiger partial charge on any atom is -0.310 e. The third kappa shape index (κ3) is 3.31. The fourth-order valence-electron chi connectivity index (χ4n) is 1.94. The van der Waals surface area contributed by atoms with Crippen molar-refractivity contribution in [1.29, 1.82) is 0 Å². The molecule has 1 amide bonds. The SMILES string of the molecule is O=C(CN1CCCCC1)Nc1ccccn1. The molecule has 1 saturated heterocycles. The largest absolute Gasteiger partial charge is 0.310 e. The highest BCUT2D eigenvalue weighted by Gasteiger charge is 2.13. The molecule has 0 aromatic carbocycles. The average molecular weight is 219 g/mol. The van der Waals surface area contributed by atoms with Crippen LogP contribution < -0.4 is 5.32 Å². The number of anilines is 1. The number of amides is 1. The lowest BCUT2D eigenvalue weighted by atomic mass is 10.1. The van der Waals surface area contributed by atoms with Gasteiger partial charge in [0.15, 0.2) is 0 Å².